The van der Waals surface area contributed by atoms with E-state index in [0.29, 0.717) is 16.5 Å². The van der Waals surface area contributed by atoms with Crippen molar-refractivity contribution in [1.82, 2.24) is 4.90 Å². The van der Waals surface area contributed by atoms with E-state index < -0.39 is 17.8 Å². The van der Waals surface area contributed by atoms with Crippen LogP contribution >= 0.6 is 0 Å². The van der Waals surface area contributed by atoms with Crippen molar-refractivity contribution in [1.29, 1.82) is 0 Å². The van der Waals surface area contributed by atoms with Crippen molar-refractivity contribution >= 4 is 28.6 Å². The summed E-state index contributed by atoms with van der Waals surface area (Å²) >= 11 is 0. The van der Waals surface area contributed by atoms with Gasteiger partial charge in [-0.3, -0.25) is 19.3 Å². The maximum Gasteiger partial charge on any atom is 0.305 e. The first-order valence-electron chi connectivity index (χ1n) is 6.19. The standard InChI is InChI=1S/C15H11NO4/c17-12(18)7-8-16-14(19)10-5-1-3-9-4-2-6-11(13(9)10)15(16)20/h1-6H,7-8H2,(H,17,18). The Morgan fingerprint density at radius 1 is 1.00 bits per heavy atom. The van der Waals surface area contributed by atoms with Gasteiger partial charge in [-0.2, -0.15) is 0 Å². The molecule has 0 spiro atoms. The van der Waals surface area contributed by atoms with Gasteiger partial charge in [-0.1, -0.05) is 24.3 Å². The molecule has 0 bridgehead atoms. The number of carboxylic acids is 1. The Labute approximate surface area is 114 Å². The Hall–Kier alpha value is -2.69. The van der Waals surface area contributed by atoms with E-state index in [4.69, 9.17) is 5.11 Å². The van der Waals surface area contributed by atoms with E-state index in [1.54, 1.807) is 24.3 Å². The average Bonchev–Trinajstić information content (AvgIpc) is 2.44. The molecule has 0 aliphatic carbocycles. The van der Waals surface area contributed by atoms with Crippen LogP contribution in [-0.2, 0) is 4.79 Å². The fourth-order valence-electron chi connectivity index (χ4n) is 2.49. The molecule has 0 atom stereocenters. The van der Waals surface area contributed by atoms with Crippen molar-refractivity contribution in [2.24, 2.45) is 0 Å². The lowest BCUT2D eigenvalue weighted by Crippen LogP contribution is -2.41. The van der Waals surface area contributed by atoms with E-state index in [9.17, 15) is 14.4 Å². The Bertz CT molecular complexity index is 700. The molecule has 1 N–H and O–H groups in total. The summed E-state index contributed by atoms with van der Waals surface area (Å²) < 4.78 is 0. The summed E-state index contributed by atoms with van der Waals surface area (Å²) in [6.07, 6.45) is -0.254. The van der Waals surface area contributed by atoms with Crippen LogP contribution in [0.1, 0.15) is 27.1 Å². The highest BCUT2D eigenvalue weighted by Crippen LogP contribution is 2.29. The first-order valence-corrected chi connectivity index (χ1v) is 6.19. The predicted octanol–water partition coefficient (Wildman–Crippen LogP) is 1.91. The molecular formula is C15H11NO4. The third-order valence-corrected chi connectivity index (χ3v) is 3.41. The SMILES string of the molecule is O=C(O)CCN1C(=O)c2cccc3cccc(c23)C1=O. The second kappa shape index (κ2) is 4.45. The maximum atomic E-state index is 12.3. The number of amides is 2. The Kier molecular flexibility index (Phi) is 2.75. The number of hydrogen-bond acceptors (Lipinski definition) is 3. The van der Waals surface area contributed by atoms with Crippen LogP contribution in [0.25, 0.3) is 10.8 Å². The number of hydrogen-bond donors (Lipinski definition) is 1. The quantitative estimate of drug-likeness (QED) is 0.864. The molecule has 2 aromatic rings. The van der Waals surface area contributed by atoms with Crippen molar-refractivity contribution in [3.63, 3.8) is 0 Å². The zero-order chi connectivity index (χ0) is 14.3. The fraction of sp³-hybridized carbons (Fsp3) is 0.133. The summed E-state index contributed by atoms with van der Waals surface area (Å²) in [6, 6.07) is 10.5. The predicted molar refractivity (Wildman–Crippen MR) is 71.6 cm³/mol. The number of carbonyl (C=O) groups excluding carboxylic acids is 2. The second-order valence-electron chi connectivity index (χ2n) is 4.61. The summed E-state index contributed by atoms with van der Waals surface area (Å²) in [5.41, 5.74) is 0.895. The number of rotatable bonds is 3. The molecular weight excluding hydrogens is 258 g/mol. The second-order valence-corrected chi connectivity index (χ2v) is 4.61. The molecule has 0 radical (unpaired) electrons. The van der Waals surface area contributed by atoms with Crippen molar-refractivity contribution in [3.05, 3.63) is 47.5 Å². The van der Waals surface area contributed by atoms with E-state index in [2.05, 4.69) is 0 Å². The molecule has 1 aliphatic heterocycles. The van der Waals surface area contributed by atoms with E-state index in [1.807, 2.05) is 12.1 Å². The molecule has 5 heteroatoms. The van der Waals surface area contributed by atoms with Gasteiger partial charge in [-0.25, -0.2) is 0 Å². The van der Waals surface area contributed by atoms with Crippen LogP contribution in [0.5, 0.6) is 0 Å². The molecule has 3 rings (SSSR count). The topological polar surface area (TPSA) is 74.7 Å². The van der Waals surface area contributed by atoms with Crippen LogP contribution in [0, 0.1) is 0 Å². The molecule has 0 saturated carbocycles. The molecule has 0 fully saturated rings. The van der Waals surface area contributed by atoms with Crippen LogP contribution in [0.4, 0.5) is 0 Å². The molecule has 0 saturated heterocycles. The summed E-state index contributed by atoms with van der Waals surface area (Å²) in [6.45, 7) is -0.113. The van der Waals surface area contributed by atoms with Gasteiger partial charge in [0.15, 0.2) is 0 Å². The van der Waals surface area contributed by atoms with E-state index in [-0.39, 0.29) is 13.0 Å². The van der Waals surface area contributed by atoms with Crippen LogP contribution in [0.3, 0.4) is 0 Å². The number of carboxylic acid groups (broad SMARTS) is 1. The molecule has 0 unspecified atom stereocenters. The number of benzene rings is 2. The summed E-state index contributed by atoms with van der Waals surface area (Å²) in [7, 11) is 0. The van der Waals surface area contributed by atoms with Gasteiger partial charge in [-0.15, -0.1) is 0 Å². The molecule has 5 nitrogen and oxygen atoms in total. The largest absolute Gasteiger partial charge is 0.481 e. The first kappa shape index (κ1) is 12.3. The third kappa shape index (κ3) is 1.75. The van der Waals surface area contributed by atoms with E-state index >= 15 is 0 Å². The van der Waals surface area contributed by atoms with Crippen molar-refractivity contribution in [2.75, 3.05) is 6.54 Å². The van der Waals surface area contributed by atoms with Gasteiger partial charge < -0.3 is 5.11 Å². The molecule has 0 aromatic heterocycles. The average molecular weight is 269 g/mol. The Balaban J connectivity index is 2.14. The number of imide groups is 1. The summed E-state index contributed by atoms with van der Waals surface area (Å²) in [5, 5.41) is 10.2. The van der Waals surface area contributed by atoms with Gasteiger partial charge in [-0.05, 0) is 17.5 Å². The van der Waals surface area contributed by atoms with Gasteiger partial charge in [0, 0.05) is 23.1 Å². The van der Waals surface area contributed by atoms with Gasteiger partial charge in [0.05, 0.1) is 6.42 Å². The zero-order valence-corrected chi connectivity index (χ0v) is 10.5. The highest BCUT2D eigenvalue weighted by molar-refractivity contribution is 6.25. The smallest absolute Gasteiger partial charge is 0.305 e. The first-order chi connectivity index (χ1) is 9.59. The highest BCUT2D eigenvalue weighted by atomic mass is 16.4. The Morgan fingerprint density at radius 3 is 2.05 bits per heavy atom. The van der Waals surface area contributed by atoms with Crippen molar-refractivity contribution in [2.45, 2.75) is 6.42 Å². The van der Waals surface area contributed by atoms with Crippen LogP contribution in [0.15, 0.2) is 36.4 Å². The third-order valence-electron chi connectivity index (χ3n) is 3.41. The monoisotopic (exact) mass is 269 g/mol. The lowest BCUT2D eigenvalue weighted by molar-refractivity contribution is -0.137. The van der Waals surface area contributed by atoms with Gasteiger partial charge in [0.25, 0.3) is 11.8 Å². The lowest BCUT2D eigenvalue weighted by Gasteiger charge is -2.26. The molecule has 1 heterocycles. The van der Waals surface area contributed by atoms with Gasteiger partial charge >= 0.3 is 5.97 Å². The number of nitrogens with zero attached hydrogens (tertiary/aromatic N) is 1. The minimum Gasteiger partial charge on any atom is -0.481 e. The minimum absolute atomic E-state index is 0.113. The lowest BCUT2D eigenvalue weighted by atomic mass is 9.94. The van der Waals surface area contributed by atoms with Crippen LogP contribution in [0.2, 0.25) is 0 Å². The number of aliphatic carboxylic acids is 1. The molecule has 1 aliphatic rings. The van der Waals surface area contributed by atoms with Crippen molar-refractivity contribution < 1.29 is 19.5 Å². The van der Waals surface area contributed by atoms with Gasteiger partial charge in [0.2, 0.25) is 0 Å². The summed E-state index contributed by atoms with van der Waals surface area (Å²) in [4.78, 5) is 36.3. The number of carbonyl (C=O) groups is 3. The molecule has 2 amide bonds. The van der Waals surface area contributed by atoms with Crippen LogP contribution < -0.4 is 0 Å². The molecule has 100 valence electrons. The Morgan fingerprint density at radius 2 is 1.55 bits per heavy atom. The normalized spacial score (nSPS) is 13.9. The van der Waals surface area contributed by atoms with Crippen molar-refractivity contribution in [3.8, 4) is 0 Å². The maximum absolute atomic E-state index is 12.3. The highest BCUT2D eigenvalue weighted by Gasteiger charge is 2.32. The van der Waals surface area contributed by atoms with E-state index in [0.717, 1.165) is 10.3 Å². The molecule has 2 aromatic carbocycles. The zero-order valence-electron chi connectivity index (χ0n) is 10.5. The van der Waals surface area contributed by atoms with Gasteiger partial charge in [0.1, 0.15) is 0 Å². The minimum atomic E-state index is -1.04. The molecule has 20 heavy (non-hydrogen) atoms. The fourth-order valence-corrected chi connectivity index (χ4v) is 2.49. The summed E-state index contributed by atoms with van der Waals surface area (Å²) in [5.74, 6) is -1.90. The van der Waals surface area contributed by atoms with Crippen LogP contribution in [-0.4, -0.2) is 34.3 Å². The van der Waals surface area contributed by atoms with E-state index in [1.165, 1.54) is 0 Å².